The van der Waals surface area contributed by atoms with Gasteiger partial charge < -0.3 is 15.7 Å². The molecule has 0 spiro atoms. The predicted octanol–water partition coefficient (Wildman–Crippen LogP) is 2.57. The van der Waals surface area contributed by atoms with Crippen molar-refractivity contribution in [1.29, 1.82) is 0 Å². The number of aliphatic carboxylic acids is 1. The van der Waals surface area contributed by atoms with Crippen LogP contribution in [0.25, 0.3) is 6.08 Å². The molecule has 1 fully saturated rings. The highest BCUT2D eigenvalue weighted by Gasteiger charge is 2.34. The number of hydrogen-bond acceptors (Lipinski definition) is 4. The van der Waals surface area contributed by atoms with Gasteiger partial charge in [-0.25, -0.2) is 9.78 Å². The number of rotatable bonds is 6. The average Bonchev–Trinajstić information content (AvgIpc) is 3.03. The average molecular weight is 323 g/mol. The van der Waals surface area contributed by atoms with Gasteiger partial charge in [0.2, 0.25) is 0 Å². The predicted molar refractivity (Wildman–Crippen MR) is 94.9 cm³/mol. The van der Waals surface area contributed by atoms with Crippen LogP contribution >= 0.6 is 0 Å². The van der Waals surface area contributed by atoms with Crippen LogP contribution in [0.15, 0.2) is 54.7 Å². The zero-order valence-corrected chi connectivity index (χ0v) is 13.4. The van der Waals surface area contributed by atoms with Crippen LogP contribution in [0.3, 0.4) is 0 Å². The van der Waals surface area contributed by atoms with E-state index < -0.39 is 5.97 Å². The highest BCUT2D eigenvalue weighted by atomic mass is 16.4. The first-order valence-corrected chi connectivity index (χ1v) is 8.05. The maximum Gasteiger partial charge on any atom is 0.328 e. The first-order valence-electron chi connectivity index (χ1n) is 8.05. The molecule has 0 bridgehead atoms. The van der Waals surface area contributed by atoms with Crippen LogP contribution in [0.1, 0.15) is 17.5 Å². The normalized spacial score (nSPS) is 20.3. The molecular formula is C19H21N3O2. The second-order valence-electron chi connectivity index (χ2n) is 6.14. The van der Waals surface area contributed by atoms with Crippen LogP contribution in [0.2, 0.25) is 0 Å². The fourth-order valence-corrected chi connectivity index (χ4v) is 3.05. The molecule has 1 atom stereocenters. The van der Waals surface area contributed by atoms with E-state index in [0.29, 0.717) is 0 Å². The van der Waals surface area contributed by atoms with Crippen LogP contribution in [0.5, 0.6) is 0 Å². The Morgan fingerprint density at radius 1 is 1.29 bits per heavy atom. The number of nitrogens with zero attached hydrogens (tertiary/aromatic N) is 1. The van der Waals surface area contributed by atoms with Crippen molar-refractivity contribution in [1.82, 2.24) is 10.3 Å². The molecule has 1 aliphatic rings. The zero-order valence-electron chi connectivity index (χ0n) is 13.4. The fraction of sp³-hybridized carbons (Fsp3) is 0.263. The summed E-state index contributed by atoms with van der Waals surface area (Å²) in [5.41, 5.74) is 2.02. The number of aromatic nitrogens is 1. The smallest absolute Gasteiger partial charge is 0.328 e. The molecule has 1 aromatic heterocycles. The number of carbonyl (C=O) groups is 1. The fourth-order valence-electron chi connectivity index (χ4n) is 3.05. The van der Waals surface area contributed by atoms with E-state index in [0.717, 1.165) is 43.4 Å². The third kappa shape index (κ3) is 4.20. The maximum atomic E-state index is 10.6. The summed E-state index contributed by atoms with van der Waals surface area (Å²) in [7, 11) is 0. The van der Waals surface area contributed by atoms with Crippen molar-refractivity contribution in [2.75, 3.05) is 18.4 Å². The van der Waals surface area contributed by atoms with Gasteiger partial charge in [-0.1, -0.05) is 30.3 Å². The van der Waals surface area contributed by atoms with E-state index in [9.17, 15) is 4.79 Å². The molecular weight excluding hydrogens is 302 g/mol. The van der Waals surface area contributed by atoms with E-state index in [1.807, 2.05) is 18.2 Å². The molecule has 5 nitrogen and oxygen atoms in total. The van der Waals surface area contributed by atoms with Crippen molar-refractivity contribution in [2.45, 2.75) is 18.4 Å². The number of nitrogens with one attached hydrogen (secondary N) is 2. The van der Waals surface area contributed by atoms with E-state index in [2.05, 4.69) is 39.9 Å². The molecule has 0 aliphatic carbocycles. The summed E-state index contributed by atoms with van der Waals surface area (Å²) in [5, 5.41) is 15.7. The maximum absolute atomic E-state index is 10.6. The minimum absolute atomic E-state index is 0.0488. The van der Waals surface area contributed by atoms with E-state index in [-0.39, 0.29) is 5.54 Å². The number of pyridine rings is 1. The summed E-state index contributed by atoms with van der Waals surface area (Å²) < 4.78 is 0. The Balaban J connectivity index is 1.73. The topological polar surface area (TPSA) is 74.2 Å². The molecule has 124 valence electrons. The molecule has 2 aromatic rings. The van der Waals surface area contributed by atoms with Gasteiger partial charge in [0.05, 0.1) is 5.54 Å². The minimum atomic E-state index is -0.962. The number of carboxylic acids is 1. The first-order chi connectivity index (χ1) is 11.7. The summed E-state index contributed by atoms with van der Waals surface area (Å²) >= 11 is 0. The van der Waals surface area contributed by atoms with E-state index in [1.165, 1.54) is 11.6 Å². The molecule has 3 rings (SSSR count). The molecule has 2 heterocycles. The summed E-state index contributed by atoms with van der Waals surface area (Å²) in [6, 6.07) is 14.2. The van der Waals surface area contributed by atoms with Gasteiger partial charge in [-0.2, -0.15) is 0 Å². The van der Waals surface area contributed by atoms with Crippen molar-refractivity contribution in [3.05, 3.63) is 65.9 Å². The van der Waals surface area contributed by atoms with Crippen molar-refractivity contribution in [3.8, 4) is 0 Å². The number of carboxylic acid groups (broad SMARTS) is 1. The Kier molecular flexibility index (Phi) is 4.91. The van der Waals surface area contributed by atoms with Gasteiger partial charge in [0.1, 0.15) is 5.82 Å². The Hall–Kier alpha value is -2.66. The quantitative estimate of drug-likeness (QED) is 0.713. The van der Waals surface area contributed by atoms with Gasteiger partial charge in [-0.3, -0.25) is 0 Å². The molecule has 0 unspecified atom stereocenters. The Bertz CT molecular complexity index is 705. The van der Waals surface area contributed by atoms with Crippen LogP contribution in [-0.4, -0.2) is 34.7 Å². The Morgan fingerprint density at radius 3 is 2.75 bits per heavy atom. The van der Waals surface area contributed by atoms with Crippen LogP contribution in [-0.2, 0) is 11.2 Å². The zero-order chi connectivity index (χ0) is 16.8. The largest absolute Gasteiger partial charge is 0.478 e. The van der Waals surface area contributed by atoms with Gasteiger partial charge in [-0.15, -0.1) is 0 Å². The lowest BCUT2D eigenvalue weighted by molar-refractivity contribution is -0.131. The third-order valence-electron chi connectivity index (χ3n) is 4.23. The molecule has 5 heteroatoms. The summed E-state index contributed by atoms with van der Waals surface area (Å²) in [5.74, 6) is -0.154. The third-order valence-corrected chi connectivity index (χ3v) is 4.23. The van der Waals surface area contributed by atoms with E-state index in [1.54, 1.807) is 6.20 Å². The van der Waals surface area contributed by atoms with Gasteiger partial charge >= 0.3 is 5.97 Å². The van der Waals surface area contributed by atoms with Gasteiger partial charge in [0, 0.05) is 18.8 Å². The second-order valence-corrected chi connectivity index (χ2v) is 6.14. The molecule has 0 radical (unpaired) electrons. The number of benzene rings is 1. The molecule has 24 heavy (non-hydrogen) atoms. The van der Waals surface area contributed by atoms with Crippen LogP contribution in [0, 0.1) is 0 Å². The first kappa shape index (κ1) is 16.2. The van der Waals surface area contributed by atoms with Crippen molar-refractivity contribution in [2.24, 2.45) is 0 Å². The SMILES string of the molecule is O=C(O)/C=C/c1ccc(N[C@@]2(Cc3ccccc3)CCNC2)nc1. The number of hydrogen-bond donors (Lipinski definition) is 3. The van der Waals surface area contributed by atoms with Crippen molar-refractivity contribution >= 4 is 17.9 Å². The minimum Gasteiger partial charge on any atom is -0.478 e. The van der Waals surface area contributed by atoms with Crippen LogP contribution in [0.4, 0.5) is 5.82 Å². The van der Waals surface area contributed by atoms with Crippen molar-refractivity contribution < 1.29 is 9.90 Å². The van der Waals surface area contributed by atoms with Gasteiger partial charge in [0.25, 0.3) is 0 Å². The summed E-state index contributed by atoms with van der Waals surface area (Å²) in [6.07, 6.45) is 6.30. The Morgan fingerprint density at radius 2 is 2.12 bits per heavy atom. The van der Waals surface area contributed by atoms with Gasteiger partial charge in [0.15, 0.2) is 0 Å². The molecule has 3 N–H and O–H groups in total. The van der Waals surface area contributed by atoms with Crippen LogP contribution < -0.4 is 10.6 Å². The monoisotopic (exact) mass is 323 g/mol. The molecule has 0 amide bonds. The standard InChI is InChI=1S/C19H21N3O2/c23-18(24)9-7-16-6-8-17(21-13-16)22-19(10-11-20-14-19)12-15-4-2-1-3-5-15/h1-9,13,20H,10-12,14H2,(H,21,22)(H,23,24)/b9-7+/t19-/m1/s1. The lowest BCUT2D eigenvalue weighted by Gasteiger charge is -2.30. The molecule has 1 aliphatic heterocycles. The second kappa shape index (κ2) is 7.27. The molecule has 1 aromatic carbocycles. The molecule has 1 saturated heterocycles. The summed E-state index contributed by atoms with van der Waals surface area (Å²) in [6.45, 7) is 1.88. The van der Waals surface area contributed by atoms with Gasteiger partial charge in [-0.05, 0) is 48.7 Å². The van der Waals surface area contributed by atoms with E-state index in [4.69, 9.17) is 5.11 Å². The van der Waals surface area contributed by atoms with Crippen molar-refractivity contribution in [3.63, 3.8) is 0 Å². The number of anilines is 1. The molecule has 0 saturated carbocycles. The lowest BCUT2D eigenvalue weighted by Crippen LogP contribution is -2.43. The summed E-state index contributed by atoms with van der Waals surface area (Å²) in [4.78, 5) is 15.0. The Labute approximate surface area is 141 Å². The highest BCUT2D eigenvalue weighted by molar-refractivity contribution is 5.85. The highest BCUT2D eigenvalue weighted by Crippen LogP contribution is 2.25. The lowest BCUT2D eigenvalue weighted by atomic mass is 9.90. The van der Waals surface area contributed by atoms with E-state index >= 15 is 0 Å².